The predicted octanol–water partition coefficient (Wildman–Crippen LogP) is 3.24. The van der Waals surface area contributed by atoms with Crippen molar-refractivity contribution in [2.45, 2.75) is 18.7 Å². The van der Waals surface area contributed by atoms with Gasteiger partial charge in [0.05, 0.1) is 17.0 Å². The number of hydrogen-bond acceptors (Lipinski definition) is 3. The third kappa shape index (κ3) is 3.32. The number of ether oxygens (including phenoxy) is 1. The molecule has 1 aromatic heterocycles. The number of anilines is 1. The number of aromatic nitrogens is 1. The zero-order valence-corrected chi connectivity index (χ0v) is 8.82. The Morgan fingerprint density at radius 3 is 2.41 bits per heavy atom. The number of halogens is 6. The molecule has 9 heteroatoms. The van der Waals surface area contributed by atoms with Crippen LogP contribution >= 0.6 is 11.6 Å². The van der Waals surface area contributed by atoms with E-state index in [9.17, 15) is 22.0 Å². The van der Waals surface area contributed by atoms with Crippen LogP contribution in [-0.2, 0) is 5.88 Å². The number of rotatable bonds is 3. The van der Waals surface area contributed by atoms with Crippen molar-refractivity contribution in [3.63, 3.8) is 0 Å². The molecule has 2 N–H and O–H groups in total. The molecular formula is C8H6ClF5N2O. The second kappa shape index (κ2) is 4.91. The van der Waals surface area contributed by atoms with E-state index in [1.807, 2.05) is 0 Å². The van der Waals surface area contributed by atoms with Crippen LogP contribution in [0.4, 0.5) is 27.8 Å². The molecule has 0 atom stereocenters. The van der Waals surface area contributed by atoms with Crippen LogP contribution in [0, 0.1) is 0 Å². The fraction of sp³-hybridized carbons (Fsp3) is 0.375. The molecule has 0 aliphatic heterocycles. The van der Waals surface area contributed by atoms with Crippen LogP contribution in [0.15, 0.2) is 6.20 Å². The van der Waals surface area contributed by atoms with E-state index >= 15 is 0 Å². The third-order valence-corrected chi connectivity index (χ3v) is 2.04. The van der Waals surface area contributed by atoms with Gasteiger partial charge in [-0.05, 0) is 0 Å². The largest absolute Gasteiger partial charge is 0.573 e. The van der Waals surface area contributed by atoms with Gasteiger partial charge in [0, 0.05) is 6.20 Å². The van der Waals surface area contributed by atoms with E-state index in [0.29, 0.717) is 6.20 Å². The lowest BCUT2D eigenvalue weighted by atomic mass is 10.1. The molecule has 0 unspecified atom stereocenters. The lowest BCUT2D eigenvalue weighted by Crippen LogP contribution is -2.20. The van der Waals surface area contributed by atoms with E-state index in [1.54, 1.807) is 0 Å². The smallest absolute Gasteiger partial charge is 0.405 e. The molecule has 0 bridgehead atoms. The molecule has 1 aromatic rings. The highest BCUT2D eigenvalue weighted by Gasteiger charge is 2.35. The van der Waals surface area contributed by atoms with Crippen molar-refractivity contribution >= 4 is 17.4 Å². The Morgan fingerprint density at radius 2 is 2.00 bits per heavy atom. The van der Waals surface area contributed by atoms with Gasteiger partial charge in [0.15, 0.2) is 0 Å². The lowest BCUT2D eigenvalue weighted by Gasteiger charge is -2.16. The average Bonchev–Trinajstić information content (AvgIpc) is 2.15. The van der Waals surface area contributed by atoms with E-state index in [4.69, 9.17) is 17.3 Å². The monoisotopic (exact) mass is 276 g/mol. The van der Waals surface area contributed by atoms with Crippen molar-refractivity contribution in [1.29, 1.82) is 0 Å². The average molecular weight is 277 g/mol. The van der Waals surface area contributed by atoms with E-state index < -0.39 is 35.5 Å². The number of nitrogens with zero attached hydrogens (tertiary/aromatic N) is 1. The first-order chi connectivity index (χ1) is 7.76. The van der Waals surface area contributed by atoms with Gasteiger partial charge < -0.3 is 10.5 Å². The van der Waals surface area contributed by atoms with E-state index in [2.05, 4.69) is 9.72 Å². The van der Waals surface area contributed by atoms with Crippen molar-refractivity contribution < 1.29 is 26.7 Å². The van der Waals surface area contributed by atoms with Crippen molar-refractivity contribution in [2.75, 3.05) is 5.73 Å². The summed E-state index contributed by atoms with van der Waals surface area (Å²) in [5, 5.41) is 0. The molecule has 0 aliphatic rings. The first kappa shape index (κ1) is 13.8. The standard InChI is InChI=1S/C8H6ClF5N2O/c9-1-3-5(17-8(12,13)14)4(6(10)11)2-16-7(3)15/h2,6H,1H2,(H2,15,16). The fourth-order valence-corrected chi connectivity index (χ4v) is 1.35. The van der Waals surface area contributed by atoms with Gasteiger partial charge in [0.1, 0.15) is 11.6 Å². The van der Waals surface area contributed by atoms with Gasteiger partial charge in [0.25, 0.3) is 6.43 Å². The number of nitrogens with two attached hydrogens (primary N) is 1. The molecule has 0 saturated heterocycles. The third-order valence-electron chi connectivity index (χ3n) is 1.77. The summed E-state index contributed by atoms with van der Waals surface area (Å²) in [6, 6.07) is 0. The molecule has 0 radical (unpaired) electrons. The summed E-state index contributed by atoms with van der Waals surface area (Å²) in [6.07, 6.45) is -7.77. The number of pyridine rings is 1. The molecule has 0 spiro atoms. The molecule has 1 rings (SSSR count). The van der Waals surface area contributed by atoms with Crippen molar-refractivity contribution in [1.82, 2.24) is 4.98 Å². The Kier molecular flexibility index (Phi) is 3.97. The van der Waals surface area contributed by atoms with Gasteiger partial charge in [-0.2, -0.15) is 0 Å². The van der Waals surface area contributed by atoms with Gasteiger partial charge in [-0.1, -0.05) is 0 Å². The van der Waals surface area contributed by atoms with Crippen LogP contribution in [0.3, 0.4) is 0 Å². The number of nitrogen functional groups attached to an aromatic ring is 1. The molecule has 1 heterocycles. The summed E-state index contributed by atoms with van der Waals surface area (Å²) in [4.78, 5) is 3.33. The Balaban J connectivity index is 3.34. The molecule has 17 heavy (non-hydrogen) atoms. The minimum absolute atomic E-state index is 0.386. The highest BCUT2D eigenvalue weighted by molar-refractivity contribution is 6.17. The summed E-state index contributed by atoms with van der Waals surface area (Å²) >= 11 is 5.33. The zero-order valence-electron chi connectivity index (χ0n) is 8.06. The summed E-state index contributed by atoms with van der Waals surface area (Å²) in [7, 11) is 0. The van der Waals surface area contributed by atoms with Crippen LogP contribution in [0.25, 0.3) is 0 Å². The SMILES string of the molecule is Nc1ncc(C(F)F)c(OC(F)(F)F)c1CCl. The van der Waals surface area contributed by atoms with Crippen molar-refractivity contribution in [3.8, 4) is 5.75 Å². The highest BCUT2D eigenvalue weighted by Crippen LogP contribution is 2.37. The molecule has 0 amide bonds. The molecule has 0 fully saturated rings. The molecule has 0 aliphatic carbocycles. The number of hydrogen-bond donors (Lipinski definition) is 1. The molecule has 3 nitrogen and oxygen atoms in total. The Hall–Kier alpha value is -1.31. The minimum atomic E-state index is -5.11. The summed E-state index contributed by atoms with van der Waals surface area (Å²) in [5.41, 5.74) is 3.81. The van der Waals surface area contributed by atoms with Gasteiger partial charge in [0.2, 0.25) is 0 Å². The maximum atomic E-state index is 12.5. The minimum Gasteiger partial charge on any atom is -0.405 e. The van der Waals surface area contributed by atoms with Crippen molar-refractivity contribution in [3.05, 3.63) is 17.3 Å². The van der Waals surface area contributed by atoms with E-state index in [0.717, 1.165) is 0 Å². The van der Waals surface area contributed by atoms with Crippen LogP contribution in [0.5, 0.6) is 5.75 Å². The second-order valence-corrected chi connectivity index (χ2v) is 3.16. The van der Waals surface area contributed by atoms with E-state index in [1.165, 1.54) is 0 Å². The van der Waals surface area contributed by atoms with Gasteiger partial charge >= 0.3 is 6.36 Å². The van der Waals surface area contributed by atoms with Crippen molar-refractivity contribution in [2.24, 2.45) is 0 Å². The van der Waals surface area contributed by atoms with Crippen LogP contribution in [0.2, 0.25) is 0 Å². The fourth-order valence-electron chi connectivity index (χ4n) is 1.09. The molecule has 96 valence electrons. The van der Waals surface area contributed by atoms with Crippen LogP contribution in [-0.4, -0.2) is 11.3 Å². The van der Waals surface area contributed by atoms with Gasteiger partial charge in [-0.25, -0.2) is 13.8 Å². The zero-order chi connectivity index (χ0) is 13.2. The maximum Gasteiger partial charge on any atom is 0.573 e. The lowest BCUT2D eigenvalue weighted by molar-refractivity contribution is -0.275. The summed E-state index contributed by atoms with van der Waals surface area (Å²) in [5.74, 6) is -2.00. The molecule has 0 aromatic carbocycles. The summed E-state index contributed by atoms with van der Waals surface area (Å²) in [6.45, 7) is 0. The quantitative estimate of drug-likeness (QED) is 0.681. The molecule has 0 saturated carbocycles. The Morgan fingerprint density at radius 1 is 1.41 bits per heavy atom. The number of alkyl halides is 6. The Labute approximate surface area is 97.3 Å². The first-order valence-electron chi connectivity index (χ1n) is 4.13. The predicted molar refractivity (Wildman–Crippen MR) is 49.8 cm³/mol. The van der Waals surface area contributed by atoms with Gasteiger partial charge in [-0.15, -0.1) is 24.8 Å². The van der Waals surface area contributed by atoms with Gasteiger partial charge in [-0.3, -0.25) is 0 Å². The Bertz CT molecular complexity index is 410. The normalized spacial score (nSPS) is 11.9. The molecular weight excluding hydrogens is 271 g/mol. The van der Waals surface area contributed by atoms with Crippen LogP contribution < -0.4 is 10.5 Å². The summed E-state index contributed by atoms with van der Waals surface area (Å²) < 4.78 is 64.7. The second-order valence-electron chi connectivity index (χ2n) is 2.89. The topological polar surface area (TPSA) is 48.1 Å². The maximum absolute atomic E-state index is 12.5. The van der Waals surface area contributed by atoms with E-state index in [-0.39, 0.29) is 5.82 Å². The first-order valence-corrected chi connectivity index (χ1v) is 4.66. The highest BCUT2D eigenvalue weighted by atomic mass is 35.5. The van der Waals surface area contributed by atoms with Crippen LogP contribution in [0.1, 0.15) is 17.6 Å².